The molecule has 15 heavy (non-hydrogen) atoms. The highest BCUT2D eigenvalue weighted by Gasteiger charge is 2.03. The van der Waals surface area contributed by atoms with Gasteiger partial charge >= 0.3 is 0 Å². The maximum atomic E-state index is 3.39. The summed E-state index contributed by atoms with van der Waals surface area (Å²) in [5.74, 6) is 0.612. The van der Waals surface area contributed by atoms with E-state index in [4.69, 9.17) is 0 Å². The minimum absolute atomic E-state index is 0.612. The van der Waals surface area contributed by atoms with Crippen molar-refractivity contribution in [2.75, 3.05) is 13.1 Å². The van der Waals surface area contributed by atoms with Crippen LogP contribution in [0, 0.1) is 0 Å². The lowest BCUT2D eigenvalue weighted by Crippen LogP contribution is -2.19. The summed E-state index contributed by atoms with van der Waals surface area (Å²) in [7, 11) is 0. The van der Waals surface area contributed by atoms with Gasteiger partial charge in [0, 0.05) is 6.54 Å². The molecule has 1 heteroatoms. The second kappa shape index (κ2) is 6.62. The van der Waals surface area contributed by atoms with Crippen LogP contribution in [0.5, 0.6) is 0 Å². The maximum Gasteiger partial charge on any atom is 0.00173 e. The Hall–Kier alpha value is -0.820. The summed E-state index contributed by atoms with van der Waals surface area (Å²) in [6, 6.07) is 9.07. The zero-order chi connectivity index (χ0) is 11.1. The third kappa shape index (κ3) is 4.05. The zero-order valence-corrected chi connectivity index (χ0v) is 10.2. The van der Waals surface area contributed by atoms with Crippen LogP contribution in [0.1, 0.15) is 44.2 Å². The van der Waals surface area contributed by atoms with Gasteiger partial charge in [0.05, 0.1) is 0 Å². The molecule has 0 spiro atoms. The molecule has 84 valence electrons. The third-order valence-corrected chi connectivity index (χ3v) is 2.79. The fourth-order valence-electron chi connectivity index (χ4n) is 1.78. The monoisotopic (exact) mass is 205 g/mol. The summed E-state index contributed by atoms with van der Waals surface area (Å²) in [5.41, 5.74) is 2.90. The number of hydrogen-bond donors (Lipinski definition) is 1. The molecule has 1 unspecified atom stereocenters. The number of rotatable bonds is 6. The molecule has 0 aliphatic carbocycles. The van der Waals surface area contributed by atoms with Crippen molar-refractivity contribution in [3.63, 3.8) is 0 Å². The second-order valence-electron chi connectivity index (χ2n) is 4.20. The molecule has 1 atom stereocenters. The smallest absolute Gasteiger partial charge is 0.00173 e. The Morgan fingerprint density at radius 3 is 2.33 bits per heavy atom. The van der Waals surface area contributed by atoms with Gasteiger partial charge in [-0.2, -0.15) is 0 Å². The number of benzene rings is 1. The quantitative estimate of drug-likeness (QED) is 0.751. The van der Waals surface area contributed by atoms with Crippen LogP contribution in [0.2, 0.25) is 0 Å². The molecule has 0 radical (unpaired) electrons. The summed E-state index contributed by atoms with van der Waals surface area (Å²) in [4.78, 5) is 0. The highest BCUT2D eigenvalue weighted by molar-refractivity contribution is 5.25. The molecule has 0 saturated heterocycles. The first kappa shape index (κ1) is 12.3. The van der Waals surface area contributed by atoms with E-state index in [0.717, 1.165) is 13.1 Å². The van der Waals surface area contributed by atoms with Gasteiger partial charge in [0.15, 0.2) is 0 Å². The van der Waals surface area contributed by atoms with Gasteiger partial charge in [0.1, 0.15) is 0 Å². The molecular formula is C14H23N. The van der Waals surface area contributed by atoms with Crippen molar-refractivity contribution in [1.82, 2.24) is 5.32 Å². The van der Waals surface area contributed by atoms with E-state index in [1.54, 1.807) is 0 Å². The van der Waals surface area contributed by atoms with Gasteiger partial charge < -0.3 is 5.32 Å². The van der Waals surface area contributed by atoms with E-state index in [1.807, 2.05) is 0 Å². The van der Waals surface area contributed by atoms with E-state index in [9.17, 15) is 0 Å². The van der Waals surface area contributed by atoms with E-state index in [1.165, 1.54) is 24.0 Å². The average molecular weight is 205 g/mol. The molecule has 0 aromatic heterocycles. The van der Waals surface area contributed by atoms with Crippen molar-refractivity contribution in [3.05, 3.63) is 35.4 Å². The molecule has 0 bridgehead atoms. The summed E-state index contributed by atoms with van der Waals surface area (Å²) >= 11 is 0. The van der Waals surface area contributed by atoms with Crippen LogP contribution in [-0.4, -0.2) is 13.1 Å². The lowest BCUT2D eigenvalue weighted by Gasteiger charge is -2.12. The van der Waals surface area contributed by atoms with Gasteiger partial charge in [0.25, 0.3) is 0 Å². The van der Waals surface area contributed by atoms with Crippen molar-refractivity contribution >= 4 is 0 Å². The predicted octanol–water partition coefficient (Wildman–Crippen LogP) is 3.35. The van der Waals surface area contributed by atoms with E-state index >= 15 is 0 Å². The van der Waals surface area contributed by atoms with Crippen molar-refractivity contribution in [2.24, 2.45) is 0 Å². The molecule has 0 saturated carbocycles. The molecule has 0 aliphatic rings. The fraction of sp³-hybridized carbons (Fsp3) is 0.571. The molecule has 0 amide bonds. The van der Waals surface area contributed by atoms with Crippen molar-refractivity contribution in [3.8, 4) is 0 Å². The van der Waals surface area contributed by atoms with E-state index in [2.05, 4.69) is 50.4 Å². The molecular weight excluding hydrogens is 182 g/mol. The Balaban J connectivity index is 2.54. The topological polar surface area (TPSA) is 12.0 Å². The first-order valence-electron chi connectivity index (χ1n) is 6.07. The summed E-state index contributed by atoms with van der Waals surface area (Å²) in [6.07, 6.45) is 2.42. The number of likely N-dealkylation sites (N-methyl/N-ethyl adjacent to an activating group) is 1. The van der Waals surface area contributed by atoms with Crippen LogP contribution < -0.4 is 5.32 Å². The molecule has 0 fully saturated rings. The second-order valence-corrected chi connectivity index (χ2v) is 4.20. The van der Waals surface area contributed by atoms with Crippen molar-refractivity contribution < 1.29 is 0 Å². The molecule has 1 aromatic carbocycles. The van der Waals surface area contributed by atoms with Crippen LogP contribution in [0.15, 0.2) is 24.3 Å². The Morgan fingerprint density at radius 1 is 1.13 bits per heavy atom. The molecule has 0 heterocycles. The molecule has 0 aliphatic heterocycles. The molecule has 1 aromatic rings. The van der Waals surface area contributed by atoms with Crippen LogP contribution in [-0.2, 0) is 6.42 Å². The highest BCUT2D eigenvalue weighted by atomic mass is 14.8. The highest BCUT2D eigenvalue weighted by Crippen LogP contribution is 2.15. The fourth-order valence-corrected chi connectivity index (χ4v) is 1.78. The van der Waals surface area contributed by atoms with Gasteiger partial charge in [-0.3, -0.25) is 0 Å². The van der Waals surface area contributed by atoms with Gasteiger partial charge in [-0.1, -0.05) is 51.5 Å². The Bertz CT molecular complexity index is 263. The van der Waals surface area contributed by atoms with Crippen LogP contribution >= 0.6 is 0 Å². The number of nitrogens with one attached hydrogen (secondary N) is 1. The normalized spacial score (nSPS) is 12.7. The van der Waals surface area contributed by atoms with Crippen LogP contribution in [0.4, 0.5) is 0 Å². The largest absolute Gasteiger partial charge is 0.316 e. The van der Waals surface area contributed by atoms with E-state index in [0.29, 0.717) is 5.92 Å². The van der Waals surface area contributed by atoms with Crippen LogP contribution in [0.25, 0.3) is 0 Å². The van der Waals surface area contributed by atoms with Gasteiger partial charge in [0.2, 0.25) is 0 Å². The van der Waals surface area contributed by atoms with Crippen molar-refractivity contribution in [2.45, 2.75) is 39.5 Å². The minimum atomic E-state index is 0.612. The third-order valence-electron chi connectivity index (χ3n) is 2.79. The zero-order valence-electron chi connectivity index (χ0n) is 10.2. The summed E-state index contributed by atoms with van der Waals surface area (Å²) < 4.78 is 0. The molecule has 1 N–H and O–H groups in total. The maximum absolute atomic E-state index is 3.39. The Morgan fingerprint density at radius 2 is 1.80 bits per heavy atom. The van der Waals surface area contributed by atoms with Gasteiger partial charge in [-0.05, 0) is 30.0 Å². The van der Waals surface area contributed by atoms with Gasteiger partial charge in [-0.15, -0.1) is 0 Å². The number of aryl methyl sites for hydroxylation is 1. The van der Waals surface area contributed by atoms with Crippen molar-refractivity contribution in [1.29, 1.82) is 0 Å². The molecule has 1 nitrogen and oxygen atoms in total. The van der Waals surface area contributed by atoms with E-state index < -0.39 is 0 Å². The summed E-state index contributed by atoms with van der Waals surface area (Å²) in [6.45, 7) is 8.78. The lowest BCUT2D eigenvalue weighted by molar-refractivity contribution is 0.635. The molecule has 1 rings (SSSR count). The minimum Gasteiger partial charge on any atom is -0.316 e. The average Bonchev–Trinajstić information content (AvgIpc) is 2.27. The first-order valence-corrected chi connectivity index (χ1v) is 6.07. The Labute approximate surface area is 93.9 Å². The Kier molecular flexibility index (Phi) is 5.41. The van der Waals surface area contributed by atoms with Gasteiger partial charge in [-0.25, -0.2) is 0 Å². The SMILES string of the molecule is CCCc1ccc(C(C)CNCC)cc1. The predicted molar refractivity (Wildman–Crippen MR) is 67.4 cm³/mol. The lowest BCUT2D eigenvalue weighted by atomic mass is 9.99. The number of hydrogen-bond acceptors (Lipinski definition) is 1. The summed E-state index contributed by atoms with van der Waals surface area (Å²) in [5, 5.41) is 3.39. The first-order chi connectivity index (χ1) is 7.27. The standard InChI is InChI=1S/C14H23N/c1-4-6-13-7-9-14(10-8-13)12(3)11-15-5-2/h7-10,12,15H,4-6,11H2,1-3H3. The van der Waals surface area contributed by atoms with E-state index in [-0.39, 0.29) is 0 Å². The van der Waals surface area contributed by atoms with Crippen LogP contribution in [0.3, 0.4) is 0 Å².